The van der Waals surface area contributed by atoms with E-state index in [1.165, 1.54) is 13.3 Å². The molecule has 0 radical (unpaired) electrons. The summed E-state index contributed by atoms with van der Waals surface area (Å²) in [6.45, 7) is 3.24. The Balaban J connectivity index is 2.17. The Bertz CT molecular complexity index is 558. The molecule has 1 N–H and O–H groups in total. The first-order chi connectivity index (χ1) is 8.66. The van der Waals surface area contributed by atoms with Crippen molar-refractivity contribution in [3.05, 3.63) is 36.2 Å². The molecule has 7 nitrogen and oxygen atoms in total. The van der Waals surface area contributed by atoms with E-state index in [4.69, 9.17) is 0 Å². The molecular formula is C11H12N6O. The van der Waals surface area contributed by atoms with Gasteiger partial charge in [-0.05, 0) is 35.0 Å². The van der Waals surface area contributed by atoms with E-state index in [0.29, 0.717) is 0 Å². The molecule has 0 aliphatic rings. The molecule has 0 aliphatic carbocycles. The molecule has 1 aromatic carbocycles. The number of carbonyl (C=O) groups excluding carboxylic acids is 1. The average molecular weight is 244 g/mol. The molecule has 18 heavy (non-hydrogen) atoms. The van der Waals surface area contributed by atoms with Crippen LogP contribution in [-0.2, 0) is 4.79 Å². The summed E-state index contributed by atoms with van der Waals surface area (Å²) in [5, 5.41) is 14.9. The van der Waals surface area contributed by atoms with Crippen LogP contribution in [0.3, 0.4) is 0 Å². The fourth-order valence-corrected chi connectivity index (χ4v) is 1.36. The highest BCUT2D eigenvalue weighted by Crippen LogP contribution is 2.08. The predicted octanol–water partition coefficient (Wildman–Crippen LogP) is 0.522. The van der Waals surface area contributed by atoms with Crippen LogP contribution < -0.4 is 5.43 Å². The van der Waals surface area contributed by atoms with Crippen LogP contribution in [0.1, 0.15) is 19.4 Å². The number of hydrogen-bond donors (Lipinski definition) is 1. The Morgan fingerprint density at radius 2 is 2.00 bits per heavy atom. The fourth-order valence-electron chi connectivity index (χ4n) is 1.36. The highest BCUT2D eigenvalue weighted by atomic mass is 16.2. The van der Waals surface area contributed by atoms with Crippen LogP contribution in [0.15, 0.2) is 35.7 Å². The van der Waals surface area contributed by atoms with Crippen molar-refractivity contribution >= 4 is 11.6 Å². The Hall–Kier alpha value is -2.57. The van der Waals surface area contributed by atoms with Gasteiger partial charge in [0.25, 0.3) is 0 Å². The average Bonchev–Trinajstić information content (AvgIpc) is 2.90. The molecule has 1 amide bonds. The lowest BCUT2D eigenvalue weighted by atomic mass is 10.1. The van der Waals surface area contributed by atoms with Crippen molar-refractivity contribution in [3.8, 4) is 5.69 Å². The molecule has 2 aromatic rings. The third-order valence-corrected chi connectivity index (χ3v) is 2.28. The first kappa shape index (κ1) is 11.9. The van der Waals surface area contributed by atoms with Gasteiger partial charge in [0, 0.05) is 6.92 Å². The van der Waals surface area contributed by atoms with Gasteiger partial charge >= 0.3 is 0 Å². The van der Waals surface area contributed by atoms with Crippen molar-refractivity contribution in [2.75, 3.05) is 0 Å². The van der Waals surface area contributed by atoms with E-state index in [1.807, 2.05) is 31.2 Å². The molecule has 0 unspecified atom stereocenters. The number of amides is 1. The van der Waals surface area contributed by atoms with E-state index in [2.05, 4.69) is 26.1 Å². The maximum absolute atomic E-state index is 10.7. The fraction of sp³-hybridized carbons (Fsp3) is 0.182. The molecule has 0 fully saturated rings. The summed E-state index contributed by atoms with van der Waals surface area (Å²) in [5.41, 5.74) is 4.90. The normalized spacial score (nSPS) is 11.3. The summed E-state index contributed by atoms with van der Waals surface area (Å²) in [6, 6.07) is 7.52. The predicted molar refractivity (Wildman–Crippen MR) is 65.2 cm³/mol. The molecule has 0 aliphatic heterocycles. The van der Waals surface area contributed by atoms with Crippen molar-refractivity contribution in [3.63, 3.8) is 0 Å². The van der Waals surface area contributed by atoms with Crippen LogP contribution in [0.5, 0.6) is 0 Å². The topological polar surface area (TPSA) is 85.1 Å². The van der Waals surface area contributed by atoms with Gasteiger partial charge in [0.05, 0.1) is 11.4 Å². The second-order valence-corrected chi connectivity index (χ2v) is 3.67. The van der Waals surface area contributed by atoms with Gasteiger partial charge in [0.2, 0.25) is 5.91 Å². The zero-order valence-corrected chi connectivity index (χ0v) is 10.0. The SMILES string of the molecule is CC(=O)NN=C(C)c1ccc(-n2cnnn2)cc1. The number of rotatable bonds is 3. The minimum Gasteiger partial charge on any atom is -0.274 e. The van der Waals surface area contributed by atoms with Gasteiger partial charge in [-0.1, -0.05) is 12.1 Å². The molecule has 0 saturated heterocycles. The van der Waals surface area contributed by atoms with E-state index in [0.717, 1.165) is 17.0 Å². The van der Waals surface area contributed by atoms with Crippen molar-refractivity contribution < 1.29 is 4.79 Å². The number of carbonyl (C=O) groups is 1. The number of nitrogens with one attached hydrogen (secondary N) is 1. The highest BCUT2D eigenvalue weighted by molar-refractivity contribution is 5.99. The second-order valence-electron chi connectivity index (χ2n) is 3.67. The monoisotopic (exact) mass is 244 g/mol. The number of hydrogen-bond acceptors (Lipinski definition) is 5. The van der Waals surface area contributed by atoms with Gasteiger partial charge in [-0.25, -0.2) is 10.1 Å². The Morgan fingerprint density at radius 1 is 1.28 bits per heavy atom. The van der Waals surface area contributed by atoms with Gasteiger partial charge in [-0.2, -0.15) is 5.10 Å². The maximum atomic E-state index is 10.7. The highest BCUT2D eigenvalue weighted by Gasteiger charge is 2.01. The van der Waals surface area contributed by atoms with Gasteiger partial charge in [-0.3, -0.25) is 4.79 Å². The molecule has 1 aromatic heterocycles. The minimum atomic E-state index is -0.195. The van der Waals surface area contributed by atoms with Crippen molar-refractivity contribution in [2.24, 2.45) is 5.10 Å². The summed E-state index contributed by atoms with van der Waals surface area (Å²) in [7, 11) is 0. The molecule has 0 saturated carbocycles. The molecule has 2 rings (SSSR count). The molecule has 1 heterocycles. The first-order valence-corrected chi connectivity index (χ1v) is 5.31. The number of tetrazole rings is 1. The Morgan fingerprint density at radius 3 is 2.56 bits per heavy atom. The van der Waals surface area contributed by atoms with Crippen LogP contribution in [0.2, 0.25) is 0 Å². The number of nitrogens with zero attached hydrogens (tertiary/aromatic N) is 5. The molecule has 7 heteroatoms. The third kappa shape index (κ3) is 2.76. The third-order valence-electron chi connectivity index (χ3n) is 2.28. The largest absolute Gasteiger partial charge is 0.274 e. The summed E-state index contributed by atoms with van der Waals surface area (Å²) in [4.78, 5) is 10.7. The molecule has 92 valence electrons. The standard InChI is InChI=1S/C11H12N6O/c1-8(13-14-9(2)18)10-3-5-11(6-4-10)17-7-12-15-16-17/h3-7H,1-2H3,(H,14,18). The second kappa shape index (κ2) is 5.17. The lowest BCUT2D eigenvalue weighted by Gasteiger charge is -2.03. The van der Waals surface area contributed by atoms with Gasteiger partial charge in [0.15, 0.2) is 0 Å². The molecular weight excluding hydrogens is 232 g/mol. The number of hydrazone groups is 1. The van der Waals surface area contributed by atoms with Gasteiger partial charge in [0.1, 0.15) is 6.33 Å². The van der Waals surface area contributed by atoms with Gasteiger partial charge < -0.3 is 0 Å². The van der Waals surface area contributed by atoms with Crippen molar-refractivity contribution in [2.45, 2.75) is 13.8 Å². The number of benzene rings is 1. The van der Waals surface area contributed by atoms with Crippen LogP contribution in [0.4, 0.5) is 0 Å². The van der Waals surface area contributed by atoms with Crippen LogP contribution in [0.25, 0.3) is 5.69 Å². The summed E-state index contributed by atoms with van der Waals surface area (Å²) in [6.07, 6.45) is 1.52. The lowest BCUT2D eigenvalue weighted by Crippen LogP contribution is -2.15. The van der Waals surface area contributed by atoms with E-state index in [1.54, 1.807) is 4.68 Å². The zero-order valence-electron chi connectivity index (χ0n) is 10.0. The van der Waals surface area contributed by atoms with E-state index < -0.39 is 0 Å². The first-order valence-electron chi connectivity index (χ1n) is 5.31. The van der Waals surface area contributed by atoms with E-state index in [-0.39, 0.29) is 5.91 Å². The summed E-state index contributed by atoms with van der Waals surface area (Å²) in [5.74, 6) is -0.195. The lowest BCUT2D eigenvalue weighted by molar-refractivity contribution is -0.118. The van der Waals surface area contributed by atoms with Crippen molar-refractivity contribution in [1.29, 1.82) is 0 Å². The smallest absolute Gasteiger partial charge is 0.236 e. The van der Waals surface area contributed by atoms with Gasteiger partial charge in [-0.15, -0.1) is 5.10 Å². The minimum absolute atomic E-state index is 0.195. The van der Waals surface area contributed by atoms with Crippen molar-refractivity contribution in [1.82, 2.24) is 25.6 Å². The summed E-state index contributed by atoms with van der Waals surface area (Å²) < 4.78 is 1.56. The maximum Gasteiger partial charge on any atom is 0.236 e. The zero-order chi connectivity index (χ0) is 13.0. The quantitative estimate of drug-likeness (QED) is 0.630. The van der Waals surface area contributed by atoms with E-state index >= 15 is 0 Å². The van der Waals surface area contributed by atoms with Crippen LogP contribution in [0, 0.1) is 0 Å². The number of aromatic nitrogens is 4. The Kier molecular flexibility index (Phi) is 3.42. The molecule has 0 spiro atoms. The molecule has 0 atom stereocenters. The molecule has 0 bridgehead atoms. The van der Waals surface area contributed by atoms with E-state index in [9.17, 15) is 4.79 Å². The van der Waals surface area contributed by atoms with Crippen LogP contribution >= 0.6 is 0 Å². The Labute approximate surface area is 104 Å². The van der Waals surface area contributed by atoms with Crippen LogP contribution in [-0.4, -0.2) is 31.8 Å². The summed E-state index contributed by atoms with van der Waals surface area (Å²) >= 11 is 0.